The second-order valence-electron chi connectivity index (χ2n) is 14.5. The molecule has 1 spiro atoms. The van der Waals surface area contributed by atoms with Crippen LogP contribution in [0.1, 0.15) is 47.2 Å². The molecule has 0 atom stereocenters. The van der Waals surface area contributed by atoms with Crippen molar-refractivity contribution in [1.82, 2.24) is 0 Å². The van der Waals surface area contributed by atoms with Crippen LogP contribution >= 0.6 is 0 Å². The molecule has 57 heavy (non-hydrogen) atoms. The van der Waals surface area contributed by atoms with Crippen molar-refractivity contribution in [1.29, 1.82) is 0 Å². The highest BCUT2D eigenvalue weighted by Gasteiger charge is 2.52. The maximum Gasteiger partial charge on any atom is 0.132 e. The highest BCUT2D eigenvalue weighted by atomic mass is 16.5. The van der Waals surface area contributed by atoms with Gasteiger partial charge in [-0.15, -0.1) is 0 Å². The quantitative estimate of drug-likeness (QED) is 0.137. The zero-order chi connectivity index (χ0) is 38.9. The van der Waals surface area contributed by atoms with Crippen LogP contribution in [0.2, 0.25) is 0 Å². The third-order valence-electron chi connectivity index (χ3n) is 11.4. The van der Waals surface area contributed by atoms with Crippen LogP contribution in [0.15, 0.2) is 225 Å². The molecular weight excluding hydrogens is 691 g/mol. The Balaban J connectivity index is 1.29. The van der Waals surface area contributed by atoms with Crippen LogP contribution in [-0.2, 0) is 5.41 Å². The molecule has 7 aromatic carbocycles. The van der Waals surface area contributed by atoms with Crippen molar-refractivity contribution in [2.75, 3.05) is 4.90 Å². The van der Waals surface area contributed by atoms with Gasteiger partial charge in [0.05, 0.1) is 11.1 Å². The van der Waals surface area contributed by atoms with E-state index in [9.17, 15) is 0 Å². The van der Waals surface area contributed by atoms with Gasteiger partial charge in [-0.05, 0) is 93.9 Å². The minimum absolute atomic E-state index is 0.645. The fourth-order valence-electron chi connectivity index (χ4n) is 8.89. The number of hydrogen-bond acceptors (Lipinski definition) is 2. The van der Waals surface area contributed by atoms with Gasteiger partial charge in [-0.1, -0.05) is 183 Å². The van der Waals surface area contributed by atoms with E-state index in [0.29, 0.717) is 0 Å². The van der Waals surface area contributed by atoms with Crippen molar-refractivity contribution in [2.24, 2.45) is 0 Å². The molecular formula is C55H43NO. The summed E-state index contributed by atoms with van der Waals surface area (Å²) >= 11 is 0. The van der Waals surface area contributed by atoms with Gasteiger partial charge in [0.15, 0.2) is 0 Å². The highest BCUT2D eigenvalue weighted by Crippen LogP contribution is 2.64. The number of rotatable bonds is 9. The molecule has 0 bridgehead atoms. The van der Waals surface area contributed by atoms with E-state index in [0.717, 1.165) is 62.0 Å². The highest BCUT2D eigenvalue weighted by molar-refractivity contribution is 5.96. The summed E-state index contributed by atoms with van der Waals surface area (Å²) in [6.45, 7) is 13.1. The molecule has 0 aromatic heterocycles. The van der Waals surface area contributed by atoms with Gasteiger partial charge in [-0.25, -0.2) is 0 Å². The van der Waals surface area contributed by atoms with Crippen molar-refractivity contribution in [3.05, 3.63) is 258 Å². The molecule has 0 N–H and O–H groups in total. The smallest absolute Gasteiger partial charge is 0.132 e. The van der Waals surface area contributed by atoms with Crippen LogP contribution in [0.3, 0.4) is 0 Å². The maximum absolute atomic E-state index is 6.69. The number of hydrogen-bond donors (Lipinski definition) is 0. The molecule has 1 aliphatic carbocycles. The average molecular weight is 734 g/mol. The number of ether oxygens (including phenoxy) is 1. The standard InChI is InChI=1S/C55H43NO/c1-5-40(41-20-8-7-9-21-41)36-35-39(4)56(43(6-2)37-34-38(3)44-26-18-23-42-22-10-11-24-45(42)44)51-31-19-27-47-46-25-12-13-28-48(46)55(54(47)51)49-29-14-16-32-52(49)57-53-33-17-15-30-50(53)55/h5-37H,1,3H2,2,4H3/b37-34-,39-35+,40-36+,43-6+. The zero-order valence-corrected chi connectivity index (χ0v) is 32.3. The van der Waals surface area contributed by atoms with E-state index in [2.05, 4.69) is 220 Å². The number of para-hydroxylation sites is 2. The molecule has 9 rings (SSSR count). The van der Waals surface area contributed by atoms with E-state index in [4.69, 9.17) is 4.74 Å². The Labute approximate surface area is 336 Å². The van der Waals surface area contributed by atoms with Crippen LogP contribution in [0.4, 0.5) is 5.69 Å². The lowest BCUT2D eigenvalue weighted by Gasteiger charge is -2.41. The molecule has 0 saturated heterocycles. The van der Waals surface area contributed by atoms with Crippen LogP contribution in [0.5, 0.6) is 11.5 Å². The third kappa shape index (κ3) is 5.89. The molecule has 2 nitrogen and oxygen atoms in total. The van der Waals surface area contributed by atoms with Crippen molar-refractivity contribution >= 4 is 27.6 Å². The van der Waals surface area contributed by atoms with Gasteiger partial charge in [0.25, 0.3) is 0 Å². The molecule has 2 heteroatoms. The van der Waals surface area contributed by atoms with E-state index in [1.807, 2.05) is 12.1 Å². The van der Waals surface area contributed by atoms with Gasteiger partial charge in [0.2, 0.25) is 0 Å². The molecule has 0 amide bonds. The Kier molecular flexibility index (Phi) is 9.24. The minimum atomic E-state index is -0.645. The maximum atomic E-state index is 6.69. The second kappa shape index (κ2) is 14.8. The molecule has 7 aromatic rings. The number of fused-ring (bicyclic) bond motifs is 10. The topological polar surface area (TPSA) is 12.5 Å². The fraction of sp³-hybridized carbons (Fsp3) is 0.0545. The first-order valence-electron chi connectivity index (χ1n) is 19.5. The first-order chi connectivity index (χ1) is 28.0. The third-order valence-corrected chi connectivity index (χ3v) is 11.4. The van der Waals surface area contributed by atoms with E-state index in [1.165, 1.54) is 33.0 Å². The summed E-state index contributed by atoms with van der Waals surface area (Å²) in [6, 6.07) is 58.0. The second-order valence-corrected chi connectivity index (χ2v) is 14.5. The number of nitrogens with zero attached hydrogens (tertiary/aromatic N) is 1. The van der Waals surface area contributed by atoms with Gasteiger partial charge in [-0.3, -0.25) is 0 Å². The van der Waals surface area contributed by atoms with Crippen LogP contribution in [0.25, 0.3) is 33.0 Å². The summed E-state index contributed by atoms with van der Waals surface area (Å²) in [7, 11) is 0. The average Bonchev–Trinajstić information content (AvgIpc) is 3.56. The summed E-state index contributed by atoms with van der Waals surface area (Å²) in [5.41, 5.74) is 13.9. The number of benzene rings is 7. The Morgan fingerprint density at radius 2 is 1.23 bits per heavy atom. The number of anilines is 1. The predicted molar refractivity (Wildman–Crippen MR) is 241 cm³/mol. The van der Waals surface area contributed by atoms with Crippen LogP contribution in [0, 0.1) is 0 Å². The summed E-state index contributed by atoms with van der Waals surface area (Å²) < 4.78 is 6.69. The molecule has 1 aliphatic heterocycles. The molecule has 0 radical (unpaired) electrons. The van der Waals surface area contributed by atoms with E-state index < -0.39 is 5.41 Å². The molecule has 1 heterocycles. The van der Waals surface area contributed by atoms with Crippen molar-refractivity contribution in [3.63, 3.8) is 0 Å². The summed E-state index contributed by atoms with van der Waals surface area (Å²) in [4.78, 5) is 2.40. The summed E-state index contributed by atoms with van der Waals surface area (Å²) in [5, 5.41) is 2.38. The Hall–Kier alpha value is -7.16. The van der Waals surface area contributed by atoms with Crippen molar-refractivity contribution in [2.45, 2.75) is 19.3 Å². The number of allylic oxidation sites excluding steroid dienone is 9. The van der Waals surface area contributed by atoms with Crippen LogP contribution in [-0.4, -0.2) is 0 Å². The predicted octanol–water partition coefficient (Wildman–Crippen LogP) is 14.5. The van der Waals surface area contributed by atoms with E-state index in [-0.39, 0.29) is 0 Å². The molecule has 0 fully saturated rings. The lowest BCUT2D eigenvalue weighted by atomic mass is 9.65. The molecule has 274 valence electrons. The molecule has 0 saturated carbocycles. The molecule has 0 unspecified atom stereocenters. The minimum Gasteiger partial charge on any atom is -0.457 e. The first-order valence-corrected chi connectivity index (χ1v) is 19.5. The van der Waals surface area contributed by atoms with Crippen molar-refractivity contribution in [3.8, 4) is 22.6 Å². The summed E-state index contributed by atoms with van der Waals surface area (Å²) in [5.74, 6) is 1.73. The monoisotopic (exact) mass is 733 g/mol. The van der Waals surface area contributed by atoms with E-state index >= 15 is 0 Å². The normalized spacial score (nSPS) is 14.1. The van der Waals surface area contributed by atoms with Gasteiger partial charge in [-0.2, -0.15) is 0 Å². The molecule has 2 aliphatic rings. The van der Waals surface area contributed by atoms with Crippen LogP contribution < -0.4 is 9.64 Å². The van der Waals surface area contributed by atoms with Gasteiger partial charge in [0, 0.05) is 28.1 Å². The lowest BCUT2D eigenvalue weighted by molar-refractivity contribution is 0.436. The van der Waals surface area contributed by atoms with E-state index in [1.54, 1.807) is 0 Å². The fourth-order valence-corrected chi connectivity index (χ4v) is 8.89. The van der Waals surface area contributed by atoms with Gasteiger partial charge < -0.3 is 9.64 Å². The van der Waals surface area contributed by atoms with Gasteiger partial charge in [0.1, 0.15) is 11.5 Å². The van der Waals surface area contributed by atoms with Gasteiger partial charge >= 0.3 is 0 Å². The summed E-state index contributed by atoms with van der Waals surface area (Å²) in [6.07, 6.45) is 12.9. The van der Waals surface area contributed by atoms with Crippen molar-refractivity contribution < 1.29 is 4.74 Å². The zero-order valence-electron chi connectivity index (χ0n) is 32.3. The Morgan fingerprint density at radius 1 is 0.614 bits per heavy atom. The largest absolute Gasteiger partial charge is 0.457 e. The Bertz CT molecular complexity index is 2780. The lowest BCUT2D eigenvalue weighted by Crippen LogP contribution is -2.34. The first kappa shape index (κ1) is 35.5. The Morgan fingerprint density at radius 3 is 1.96 bits per heavy atom. The SMILES string of the molecule is C=C/C(=C\C=C(/C)N(C(/C=C\C(=C)c1cccc2ccccc12)=C/C)c1cccc2c1C1(c3ccccc3Oc3ccccc31)c1ccccc1-2)c1ccccc1.